The van der Waals surface area contributed by atoms with Gasteiger partial charge in [0.05, 0.1) is 0 Å². The summed E-state index contributed by atoms with van der Waals surface area (Å²) in [6.45, 7) is 0. The summed E-state index contributed by atoms with van der Waals surface area (Å²) in [6, 6.07) is 5.24. The van der Waals surface area contributed by atoms with E-state index >= 15 is 0 Å². The molecule has 1 N–H and O–H groups in total. The van der Waals surface area contributed by atoms with Gasteiger partial charge in [-0.3, -0.25) is 0 Å². The van der Waals surface area contributed by atoms with Gasteiger partial charge >= 0.3 is 0 Å². The number of azo groups is 1. The number of nitrogens with zero attached hydrogens (tertiary/aromatic N) is 4. The Morgan fingerprint density at radius 1 is 1.29 bits per heavy atom. The largest absolute Gasteiger partial charge is 0.506 e. The van der Waals surface area contributed by atoms with Crippen molar-refractivity contribution in [2.75, 3.05) is 19.0 Å². The van der Waals surface area contributed by atoms with Crippen LogP contribution in [0, 0.1) is 0 Å². The first kappa shape index (κ1) is 11.5. The number of aromatic hydroxyl groups is 1. The second kappa shape index (κ2) is 4.92. The predicted octanol–water partition coefficient (Wildman–Crippen LogP) is 3.33. The van der Waals surface area contributed by atoms with Gasteiger partial charge in [-0.05, 0) is 12.1 Å². The highest BCUT2D eigenvalue weighted by Crippen LogP contribution is 2.31. The Kier molecular flexibility index (Phi) is 3.34. The molecule has 0 aliphatic heterocycles. The molecule has 1 aromatic heterocycles. The van der Waals surface area contributed by atoms with E-state index in [4.69, 9.17) is 0 Å². The molecule has 0 bridgehead atoms. The average Bonchev–Trinajstić information content (AvgIpc) is 2.80. The van der Waals surface area contributed by atoms with Crippen molar-refractivity contribution in [1.82, 2.24) is 4.98 Å². The van der Waals surface area contributed by atoms with E-state index in [1.165, 1.54) is 11.3 Å². The molecule has 0 aliphatic rings. The zero-order chi connectivity index (χ0) is 12.3. The maximum atomic E-state index is 9.77. The molecule has 0 unspecified atom stereocenters. The molecular formula is C11H12N4OS. The highest BCUT2D eigenvalue weighted by Gasteiger charge is 2.03. The second-order valence-corrected chi connectivity index (χ2v) is 4.46. The lowest BCUT2D eigenvalue weighted by Crippen LogP contribution is -2.07. The van der Waals surface area contributed by atoms with Gasteiger partial charge in [-0.1, -0.05) is 0 Å². The highest BCUT2D eigenvalue weighted by atomic mass is 32.1. The minimum absolute atomic E-state index is 0.108. The maximum absolute atomic E-state index is 9.77. The fraction of sp³-hybridized carbons (Fsp3) is 0.182. The van der Waals surface area contributed by atoms with Crippen molar-refractivity contribution in [1.29, 1.82) is 0 Å². The summed E-state index contributed by atoms with van der Waals surface area (Å²) < 4.78 is 0. The summed E-state index contributed by atoms with van der Waals surface area (Å²) >= 11 is 1.39. The summed E-state index contributed by atoms with van der Waals surface area (Å²) in [4.78, 5) is 5.88. The Hall–Kier alpha value is -1.95. The first-order valence-electron chi connectivity index (χ1n) is 4.98. The van der Waals surface area contributed by atoms with E-state index in [-0.39, 0.29) is 5.75 Å². The molecule has 0 aliphatic carbocycles. The topological polar surface area (TPSA) is 61.1 Å². The van der Waals surface area contributed by atoms with Crippen LogP contribution in [0.3, 0.4) is 0 Å². The molecule has 0 radical (unpaired) electrons. The van der Waals surface area contributed by atoms with Crippen molar-refractivity contribution in [2.45, 2.75) is 0 Å². The number of phenolic OH excluding ortho intramolecular Hbond substituents is 1. The van der Waals surface area contributed by atoms with Gasteiger partial charge in [0.25, 0.3) is 0 Å². The highest BCUT2D eigenvalue weighted by molar-refractivity contribution is 7.13. The van der Waals surface area contributed by atoms with Crippen molar-refractivity contribution in [3.05, 3.63) is 29.8 Å². The first-order valence-corrected chi connectivity index (χ1v) is 5.86. The summed E-state index contributed by atoms with van der Waals surface area (Å²) in [5.41, 5.74) is 1.35. The number of hydrogen-bond acceptors (Lipinski definition) is 6. The van der Waals surface area contributed by atoms with Crippen molar-refractivity contribution in [3.8, 4) is 5.75 Å². The Labute approximate surface area is 103 Å². The summed E-state index contributed by atoms with van der Waals surface area (Å²) in [7, 11) is 3.82. The van der Waals surface area contributed by atoms with E-state index in [0.717, 1.165) is 5.69 Å². The molecule has 0 amide bonds. The maximum Gasteiger partial charge on any atom is 0.229 e. The van der Waals surface area contributed by atoms with Crippen LogP contribution in [0.1, 0.15) is 0 Å². The van der Waals surface area contributed by atoms with Gasteiger partial charge in [0.15, 0.2) is 0 Å². The van der Waals surface area contributed by atoms with Crippen molar-refractivity contribution < 1.29 is 5.11 Å². The zero-order valence-electron chi connectivity index (χ0n) is 9.53. The van der Waals surface area contributed by atoms with Gasteiger partial charge in [-0.25, -0.2) is 4.98 Å². The molecule has 1 heterocycles. The Morgan fingerprint density at radius 2 is 2.12 bits per heavy atom. The SMILES string of the molecule is CN(C)c1ccc(N=Nc2nccs2)c(O)c1. The van der Waals surface area contributed by atoms with Crippen molar-refractivity contribution >= 4 is 27.8 Å². The quantitative estimate of drug-likeness (QED) is 0.847. The molecule has 17 heavy (non-hydrogen) atoms. The lowest BCUT2D eigenvalue weighted by molar-refractivity contribution is 0.476. The zero-order valence-corrected chi connectivity index (χ0v) is 10.3. The van der Waals surface area contributed by atoms with Gasteiger partial charge in [0.1, 0.15) is 11.4 Å². The lowest BCUT2D eigenvalue weighted by Gasteiger charge is -2.12. The molecule has 0 saturated heterocycles. The number of anilines is 1. The minimum Gasteiger partial charge on any atom is -0.506 e. The van der Waals surface area contributed by atoms with E-state index < -0.39 is 0 Å². The normalized spacial score (nSPS) is 10.9. The van der Waals surface area contributed by atoms with Crippen LogP contribution in [0.15, 0.2) is 40.0 Å². The Bertz CT molecular complexity index is 522. The van der Waals surface area contributed by atoms with Crippen molar-refractivity contribution in [3.63, 3.8) is 0 Å². The second-order valence-electron chi connectivity index (χ2n) is 3.58. The Balaban J connectivity index is 2.22. The first-order chi connectivity index (χ1) is 8.16. The number of hydrogen-bond donors (Lipinski definition) is 1. The monoisotopic (exact) mass is 248 g/mol. The molecule has 0 spiro atoms. The van der Waals surface area contributed by atoms with Crippen LogP contribution in [-0.4, -0.2) is 24.2 Å². The van der Waals surface area contributed by atoms with Crippen LogP contribution < -0.4 is 4.90 Å². The molecule has 0 fully saturated rings. The predicted molar refractivity (Wildman–Crippen MR) is 68.7 cm³/mol. The molecule has 6 heteroatoms. The van der Waals surface area contributed by atoms with E-state index in [1.54, 1.807) is 18.3 Å². The van der Waals surface area contributed by atoms with Gasteiger partial charge in [0, 0.05) is 37.4 Å². The van der Waals surface area contributed by atoms with Crippen LogP contribution in [0.2, 0.25) is 0 Å². The van der Waals surface area contributed by atoms with Gasteiger partial charge < -0.3 is 10.0 Å². The standard InChI is InChI=1S/C11H12N4OS/c1-15(2)8-3-4-9(10(16)7-8)13-14-11-12-5-6-17-11/h3-7,16H,1-2H3. The van der Waals surface area contributed by atoms with Crippen LogP contribution in [-0.2, 0) is 0 Å². The molecule has 0 saturated carbocycles. The van der Waals surface area contributed by atoms with Crippen LogP contribution in [0.5, 0.6) is 5.75 Å². The van der Waals surface area contributed by atoms with E-state index in [1.807, 2.05) is 30.4 Å². The van der Waals surface area contributed by atoms with E-state index in [0.29, 0.717) is 10.8 Å². The van der Waals surface area contributed by atoms with E-state index in [9.17, 15) is 5.11 Å². The van der Waals surface area contributed by atoms with Gasteiger partial charge in [-0.15, -0.1) is 21.6 Å². The third kappa shape index (κ3) is 2.79. The van der Waals surface area contributed by atoms with Crippen LogP contribution >= 0.6 is 11.3 Å². The lowest BCUT2D eigenvalue weighted by atomic mass is 10.2. The third-order valence-corrected chi connectivity index (χ3v) is 2.79. The molecule has 1 aromatic carbocycles. The van der Waals surface area contributed by atoms with Gasteiger partial charge in [0.2, 0.25) is 5.13 Å². The fourth-order valence-corrected chi connectivity index (χ4v) is 1.69. The molecule has 0 atom stereocenters. The van der Waals surface area contributed by atoms with E-state index in [2.05, 4.69) is 15.2 Å². The summed E-state index contributed by atoms with van der Waals surface area (Å²) in [6.07, 6.45) is 1.66. The minimum atomic E-state index is 0.108. The summed E-state index contributed by atoms with van der Waals surface area (Å²) in [5.74, 6) is 0.108. The van der Waals surface area contributed by atoms with Gasteiger partial charge in [-0.2, -0.15) is 0 Å². The summed E-state index contributed by atoms with van der Waals surface area (Å²) in [5, 5.41) is 20.0. The molecule has 5 nitrogen and oxygen atoms in total. The van der Waals surface area contributed by atoms with Crippen molar-refractivity contribution in [2.24, 2.45) is 10.2 Å². The molecule has 2 rings (SSSR count). The number of phenols is 1. The number of benzene rings is 1. The average molecular weight is 248 g/mol. The molecular weight excluding hydrogens is 236 g/mol. The molecule has 2 aromatic rings. The van der Waals surface area contributed by atoms with Crippen LogP contribution in [0.25, 0.3) is 0 Å². The molecule has 88 valence electrons. The third-order valence-electron chi connectivity index (χ3n) is 2.14. The number of thiazole rings is 1. The number of aromatic nitrogens is 1. The number of rotatable bonds is 3. The fourth-order valence-electron chi connectivity index (χ4n) is 1.24. The Morgan fingerprint density at radius 3 is 2.71 bits per heavy atom. The smallest absolute Gasteiger partial charge is 0.229 e. The van der Waals surface area contributed by atoms with Crippen LogP contribution in [0.4, 0.5) is 16.5 Å².